The van der Waals surface area contributed by atoms with Gasteiger partial charge in [-0.25, -0.2) is 0 Å². The van der Waals surface area contributed by atoms with Gasteiger partial charge in [0.2, 0.25) is 11.8 Å². The smallest absolute Gasteiger partial charge is 0.326 e. The molecule has 0 heterocycles. The third-order valence-electron chi connectivity index (χ3n) is 4.45. The average Bonchev–Trinajstić information content (AvgIpc) is 3.48. The molecular weight excluding hydrogens is 405 g/mol. The van der Waals surface area contributed by atoms with Gasteiger partial charge in [-0.15, -0.1) is 0 Å². The van der Waals surface area contributed by atoms with Crippen molar-refractivity contribution in [3.8, 4) is 0 Å². The second kappa shape index (κ2) is 8.29. The van der Waals surface area contributed by atoms with Gasteiger partial charge >= 0.3 is 6.18 Å². The molecule has 0 atom stereocenters. The Morgan fingerprint density at radius 3 is 2.48 bits per heavy atom. The molecule has 0 aliphatic heterocycles. The predicted octanol–water partition coefficient (Wildman–Crippen LogP) is 5.67. The Hall–Kier alpha value is -2.80. The summed E-state index contributed by atoms with van der Waals surface area (Å²) in [4.78, 5) is 24.1. The van der Waals surface area contributed by atoms with E-state index in [4.69, 9.17) is 11.6 Å². The van der Waals surface area contributed by atoms with Crippen LogP contribution in [0.3, 0.4) is 0 Å². The maximum absolute atomic E-state index is 12.8. The topological polar surface area (TPSA) is 58.2 Å². The molecular formula is C21H18ClF3N2O2. The predicted molar refractivity (Wildman–Crippen MR) is 107 cm³/mol. The molecule has 0 aromatic heterocycles. The highest BCUT2D eigenvalue weighted by molar-refractivity contribution is 6.32. The van der Waals surface area contributed by atoms with Crippen LogP contribution in [0.5, 0.6) is 0 Å². The van der Waals surface area contributed by atoms with Gasteiger partial charge < -0.3 is 10.6 Å². The van der Waals surface area contributed by atoms with Crippen molar-refractivity contribution in [2.24, 2.45) is 5.92 Å². The summed E-state index contributed by atoms with van der Waals surface area (Å²) in [6.07, 6.45) is -0.413. The lowest BCUT2D eigenvalue weighted by molar-refractivity contribution is -0.137. The van der Waals surface area contributed by atoms with E-state index in [1.54, 1.807) is 25.1 Å². The van der Waals surface area contributed by atoms with Crippen LogP contribution in [-0.2, 0) is 15.8 Å². The van der Waals surface area contributed by atoms with Crippen LogP contribution >= 0.6 is 11.6 Å². The minimum Gasteiger partial charge on any atom is -0.326 e. The van der Waals surface area contributed by atoms with E-state index < -0.39 is 17.6 Å². The Labute approximate surface area is 170 Å². The molecule has 1 fully saturated rings. The number of halogens is 4. The molecule has 29 heavy (non-hydrogen) atoms. The summed E-state index contributed by atoms with van der Waals surface area (Å²) in [6, 6.07) is 8.03. The molecule has 2 N–H and O–H groups in total. The molecule has 0 bridgehead atoms. The number of aryl methyl sites for hydroxylation is 1. The minimum atomic E-state index is -4.50. The number of hydrogen-bond acceptors (Lipinski definition) is 2. The second-order valence-electron chi connectivity index (χ2n) is 6.85. The number of nitrogens with one attached hydrogen (secondary N) is 2. The van der Waals surface area contributed by atoms with E-state index in [9.17, 15) is 22.8 Å². The summed E-state index contributed by atoms with van der Waals surface area (Å²) in [5.41, 5.74) is 1.06. The van der Waals surface area contributed by atoms with Crippen LogP contribution in [-0.4, -0.2) is 11.8 Å². The molecule has 1 aliphatic carbocycles. The van der Waals surface area contributed by atoms with Gasteiger partial charge in [0.1, 0.15) is 0 Å². The number of rotatable bonds is 5. The monoisotopic (exact) mass is 422 g/mol. The zero-order chi connectivity index (χ0) is 21.2. The Morgan fingerprint density at radius 2 is 1.83 bits per heavy atom. The second-order valence-corrected chi connectivity index (χ2v) is 7.26. The van der Waals surface area contributed by atoms with Gasteiger partial charge in [0.15, 0.2) is 0 Å². The highest BCUT2D eigenvalue weighted by atomic mass is 35.5. The number of carbonyl (C=O) groups excluding carboxylic acids is 2. The fourth-order valence-electron chi connectivity index (χ4n) is 2.61. The first-order valence-corrected chi connectivity index (χ1v) is 9.28. The average molecular weight is 423 g/mol. The van der Waals surface area contributed by atoms with Gasteiger partial charge in [-0.2, -0.15) is 13.2 Å². The molecule has 3 rings (SSSR count). The summed E-state index contributed by atoms with van der Waals surface area (Å²) in [6.45, 7) is 1.79. The standard InChI is InChI=1S/C21H18ClF3N2O2/c1-12-2-7-16(26-20(29)13-3-4-13)11-18(12)27-19(28)9-5-14-10-15(21(23,24)25)6-8-17(14)22/h2,5-11,13H,3-4H2,1H3,(H,26,29)(H,27,28)/b9-5+. The summed E-state index contributed by atoms with van der Waals surface area (Å²) in [5, 5.41) is 5.56. The van der Waals surface area contributed by atoms with Crippen molar-refractivity contribution in [1.82, 2.24) is 0 Å². The fraction of sp³-hybridized carbons (Fsp3) is 0.238. The molecule has 2 aromatic rings. The van der Waals surface area contributed by atoms with Crippen molar-refractivity contribution in [2.75, 3.05) is 10.6 Å². The van der Waals surface area contributed by atoms with Crippen LogP contribution in [0.25, 0.3) is 6.08 Å². The lowest BCUT2D eigenvalue weighted by Crippen LogP contribution is -2.14. The lowest BCUT2D eigenvalue weighted by Gasteiger charge is -2.11. The first-order valence-electron chi connectivity index (χ1n) is 8.91. The third-order valence-corrected chi connectivity index (χ3v) is 4.79. The van der Waals surface area contributed by atoms with E-state index in [0.29, 0.717) is 11.4 Å². The first-order chi connectivity index (χ1) is 13.6. The summed E-state index contributed by atoms with van der Waals surface area (Å²) in [5.74, 6) is -0.535. The molecule has 2 amide bonds. The molecule has 0 saturated heterocycles. The SMILES string of the molecule is Cc1ccc(NC(=O)C2CC2)cc1NC(=O)/C=C/c1cc(C(F)(F)F)ccc1Cl. The van der Waals surface area contributed by atoms with Crippen LogP contribution in [0.1, 0.15) is 29.5 Å². The van der Waals surface area contributed by atoms with Crippen LogP contribution < -0.4 is 10.6 Å². The van der Waals surface area contributed by atoms with Gasteiger partial charge in [-0.1, -0.05) is 17.7 Å². The Morgan fingerprint density at radius 1 is 1.10 bits per heavy atom. The van der Waals surface area contributed by atoms with Gasteiger partial charge in [0, 0.05) is 28.4 Å². The number of alkyl halides is 3. The van der Waals surface area contributed by atoms with E-state index in [1.807, 2.05) is 0 Å². The minimum absolute atomic E-state index is 0.0505. The number of benzene rings is 2. The number of anilines is 2. The van der Waals surface area contributed by atoms with Crippen molar-refractivity contribution in [2.45, 2.75) is 25.9 Å². The van der Waals surface area contributed by atoms with Gasteiger partial charge in [0.05, 0.1) is 5.56 Å². The molecule has 1 aliphatic rings. The quantitative estimate of drug-likeness (QED) is 0.610. The lowest BCUT2D eigenvalue weighted by atomic mass is 10.1. The number of hydrogen-bond donors (Lipinski definition) is 2. The fourth-order valence-corrected chi connectivity index (χ4v) is 2.79. The van der Waals surface area contributed by atoms with Crippen LogP contribution in [0, 0.1) is 12.8 Å². The number of amides is 2. The maximum atomic E-state index is 12.8. The van der Waals surface area contributed by atoms with E-state index >= 15 is 0 Å². The molecule has 152 valence electrons. The molecule has 8 heteroatoms. The zero-order valence-electron chi connectivity index (χ0n) is 15.4. The van der Waals surface area contributed by atoms with E-state index in [-0.39, 0.29) is 22.4 Å². The molecule has 2 aromatic carbocycles. The van der Waals surface area contributed by atoms with Gasteiger partial charge in [0.25, 0.3) is 0 Å². The van der Waals surface area contributed by atoms with Crippen molar-refractivity contribution in [3.05, 3.63) is 64.2 Å². The molecule has 0 radical (unpaired) electrons. The summed E-state index contributed by atoms with van der Waals surface area (Å²) < 4.78 is 38.5. The van der Waals surface area contributed by atoms with Crippen molar-refractivity contribution in [1.29, 1.82) is 0 Å². The highest BCUT2D eigenvalue weighted by Gasteiger charge is 2.31. The summed E-state index contributed by atoms with van der Waals surface area (Å²) >= 11 is 5.92. The Bertz CT molecular complexity index is 982. The van der Waals surface area contributed by atoms with Crippen LogP contribution in [0.4, 0.5) is 24.5 Å². The van der Waals surface area contributed by atoms with Crippen LogP contribution in [0.15, 0.2) is 42.5 Å². The molecule has 0 spiro atoms. The molecule has 4 nitrogen and oxygen atoms in total. The van der Waals surface area contributed by atoms with E-state index in [0.717, 1.165) is 42.7 Å². The maximum Gasteiger partial charge on any atom is 0.416 e. The number of carbonyl (C=O) groups is 2. The van der Waals surface area contributed by atoms with E-state index in [1.165, 1.54) is 6.08 Å². The molecule has 0 unspecified atom stereocenters. The zero-order valence-corrected chi connectivity index (χ0v) is 16.2. The highest BCUT2D eigenvalue weighted by Crippen LogP contribution is 2.32. The Balaban J connectivity index is 1.71. The first kappa shape index (κ1) is 20.9. The third kappa shape index (κ3) is 5.60. The summed E-state index contributed by atoms with van der Waals surface area (Å²) in [7, 11) is 0. The van der Waals surface area contributed by atoms with Crippen molar-refractivity contribution < 1.29 is 22.8 Å². The normalized spacial score (nSPS) is 14.1. The van der Waals surface area contributed by atoms with Crippen molar-refractivity contribution >= 4 is 40.9 Å². The van der Waals surface area contributed by atoms with Gasteiger partial charge in [-0.3, -0.25) is 9.59 Å². The molecule has 1 saturated carbocycles. The van der Waals surface area contributed by atoms with Crippen LogP contribution in [0.2, 0.25) is 5.02 Å². The van der Waals surface area contributed by atoms with Gasteiger partial charge in [-0.05, 0) is 67.3 Å². The largest absolute Gasteiger partial charge is 0.416 e. The Kier molecular flexibility index (Phi) is 5.98. The van der Waals surface area contributed by atoms with E-state index in [2.05, 4.69) is 10.6 Å². The van der Waals surface area contributed by atoms with Crippen molar-refractivity contribution in [3.63, 3.8) is 0 Å².